The fourth-order valence-corrected chi connectivity index (χ4v) is 1.46. The van der Waals surface area contributed by atoms with Crippen molar-refractivity contribution in [2.75, 3.05) is 0 Å². The van der Waals surface area contributed by atoms with Crippen molar-refractivity contribution in [3.8, 4) is 0 Å². The minimum atomic E-state index is 1.13. The van der Waals surface area contributed by atoms with Gasteiger partial charge in [0.1, 0.15) is 0 Å². The molecule has 0 spiro atoms. The molecule has 12 heavy (non-hydrogen) atoms. The molecule has 0 heterocycles. The molecule has 0 amide bonds. The van der Waals surface area contributed by atoms with Gasteiger partial charge in [0.2, 0.25) is 0 Å². The Morgan fingerprint density at radius 1 is 1.17 bits per heavy atom. The van der Waals surface area contributed by atoms with E-state index in [9.17, 15) is 0 Å². The summed E-state index contributed by atoms with van der Waals surface area (Å²) in [7, 11) is 0. The zero-order valence-corrected chi connectivity index (χ0v) is 7.77. The van der Waals surface area contributed by atoms with E-state index >= 15 is 0 Å². The molecule has 0 atom stereocenters. The Bertz CT molecular complexity index is 233. The maximum atomic E-state index is 4.04. The van der Waals surface area contributed by atoms with Gasteiger partial charge in [-0.05, 0) is 42.9 Å². The van der Waals surface area contributed by atoms with E-state index < -0.39 is 0 Å². The van der Waals surface area contributed by atoms with Gasteiger partial charge in [-0.1, -0.05) is 31.4 Å². The summed E-state index contributed by atoms with van der Waals surface area (Å²) < 4.78 is 0. The highest BCUT2D eigenvalue weighted by Crippen LogP contribution is 2.30. The van der Waals surface area contributed by atoms with Crippen molar-refractivity contribution in [2.45, 2.75) is 26.2 Å². The van der Waals surface area contributed by atoms with E-state index in [-0.39, 0.29) is 0 Å². The van der Waals surface area contributed by atoms with E-state index in [4.69, 9.17) is 0 Å². The summed E-state index contributed by atoms with van der Waals surface area (Å²) in [5, 5.41) is 0. The fraction of sp³-hybridized carbons (Fsp3) is 0.333. The van der Waals surface area contributed by atoms with Gasteiger partial charge in [-0.3, -0.25) is 0 Å². The Balaban J connectivity index is 2.83. The van der Waals surface area contributed by atoms with Gasteiger partial charge in [0.15, 0.2) is 0 Å². The van der Waals surface area contributed by atoms with Gasteiger partial charge in [0, 0.05) is 0 Å². The standard InChI is InChI=1S/C12H16/c1-4-5-9-12-10(2)7-6-8-11(12)3/h4-5,9H,2-3,6-8H2,1H3/b5-4-. The molecule has 1 saturated carbocycles. The summed E-state index contributed by atoms with van der Waals surface area (Å²) in [6, 6.07) is 0. The Hall–Kier alpha value is -1.04. The molecule has 0 N–H and O–H groups in total. The first-order chi connectivity index (χ1) is 5.75. The topological polar surface area (TPSA) is 0 Å². The smallest absolute Gasteiger partial charge is 0.0204 e. The van der Waals surface area contributed by atoms with Gasteiger partial charge < -0.3 is 0 Å². The first kappa shape index (κ1) is 9.05. The summed E-state index contributed by atoms with van der Waals surface area (Å²) in [5.74, 6) is 0. The van der Waals surface area contributed by atoms with Crippen LogP contribution >= 0.6 is 0 Å². The first-order valence-corrected chi connectivity index (χ1v) is 4.45. The van der Waals surface area contributed by atoms with E-state index in [1.165, 1.54) is 23.1 Å². The van der Waals surface area contributed by atoms with Gasteiger partial charge in [0.25, 0.3) is 0 Å². The number of hydrogen-bond donors (Lipinski definition) is 0. The van der Waals surface area contributed by atoms with Crippen LogP contribution in [0.3, 0.4) is 0 Å². The molecule has 64 valence electrons. The maximum absolute atomic E-state index is 4.04. The lowest BCUT2D eigenvalue weighted by Crippen LogP contribution is -1.99. The van der Waals surface area contributed by atoms with Gasteiger partial charge in [-0.25, -0.2) is 0 Å². The second-order valence-electron chi connectivity index (χ2n) is 3.17. The predicted molar refractivity (Wildman–Crippen MR) is 55.0 cm³/mol. The van der Waals surface area contributed by atoms with Crippen LogP contribution in [-0.2, 0) is 0 Å². The first-order valence-electron chi connectivity index (χ1n) is 4.45. The second-order valence-corrected chi connectivity index (χ2v) is 3.17. The predicted octanol–water partition coefficient (Wildman–Crippen LogP) is 3.79. The molecule has 1 aliphatic rings. The van der Waals surface area contributed by atoms with E-state index in [0.717, 1.165) is 12.8 Å². The van der Waals surface area contributed by atoms with E-state index in [1.807, 2.05) is 13.0 Å². The van der Waals surface area contributed by atoms with Crippen molar-refractivity contribution in [3.05, 3.63) is 48.1 Å². The van der Waals surface area contributed by atoms with Crippen molar-refractivity contribution in [1.29, 1.82) is 0 Å². The molecule has 0 bridgehead atoms. The van der Waals surface area contributed by atoms with Crippen molar-refractivity contribution in [3.63, 3.8) is 0 Å². The van der Waals surface area contributed by atoms with Crippen LogP contribution in [0.15, 0.2) is 48.1 Å². The molecule has 0 radical (unpaired) electrons. The van der Waals surface area contributed by atoms with Crippen LogP contribution in [0.2, 0.25) is 0 Å². The number of allylic oxidation sites excluding steroid dienone is 6. The molecule has 1 fully saturated rings. The number of rotatable bonds is 1. The monoisotopic (exact) mass is 160 g/mol. The van der Waals surface area contributed by atoms with Crippen LogP contribution in [0.4, 0.5) is 0 Å². The average molecular weight is 160 g/mol. The summed E-state index contributed by atoms with van der Waals surface area (Å²) in [4.78, 5) is 0. The summed E-state index contributed by atoms with van der Waals surface area (Å²) in [6.45, 7) is 10.1. The Morgan fingerprint density at radius 2 is 1.75 bits per heavy atom. The van der Waals surface area contributed by atoms with Crippen LogP contribution < -0.4 is 0 Å². The fourth-order valence-electron chi connectivity index (χ4n) is 1.46. The molecule has 1 aliphatic carbocycles. The lowest BCUT2D eigenvalue weighted by atomic mass is 9.87. The Morgan fingerprint density at radius 3 is 2.25 bits per heavy atom. The molecule has 0 aromatic carbocycles. The molecule has 0 heteroatoms. The molecule has 1 rings (SSSR count). The Kier molecular flexibility index (Phi) is 3.09. The number of hydrogen-bond acceptors (Lipinski definition) is 0. The van der Waals surface area contributed by atoms with Crippen molar-refractivity contribution < 1.29 is 0 Å². The molecule has 0 aliphatic heterocycles. The lowest BCUT2D eigenvalue weighted by Gasteiger charge is -2.18. The zero-order chi connectivity index (χ0) is 8.97. The van der Waals surface area contributed by atoms with Crippen molar-refractivity contribution >= 4 is 0 Å². The molecule has 0 aromatic rings. The highest BCUT2D eigenvalue weighted by Gasteiger charge is 2.11. The van der Waals surface area contributed by atoms with E-state index in [1.54, 1.807) is 0 Å². The highest BCUT2D eigenvalue weighted by atomic mass is 14.2. The molecular weight excluding hydrogens is 144 g/mol. The van der Waals surface area contributed by atoms with Crippen LogP contribution in [0, 0.1) is 0 Å². The SMILES string of the molecule is C=C1CCCC(=C)C1=C/C=C\C. The van der Waals surface area contributed by atoms with Gasteiger partial charge in [-0.15, -0.1) is 0 Å². The summed E-state index contributed by atoms with van der Waals surface area (Å²) >= 11 is 0. The maximum Gasteiger partial charge on any atom is -0.0204 e. The van der Waals surface area contributed by atoms with Gasteiger partial charge in [0.05, 0.1) is 0 Å². The van der Waals surface area contributed by atoms with Crippen LogP contribution in [0.5, 0.6) is 0 Å². The molecule has 0 unspecified atom stereocenters. The molecular formula is C12H16. The Labute approximate surface area is 75.0 Å². The van der Waals surface area contributed by atoms with Gasteiger partial charge in [-0.2, -0.15) is 0 Å². The van der Waals surface area contributed by atoms with Crippen molar-refractivity contribution in [2.24, 2.45) is 0 Å². The van der Waals surface area contributed by atoms with Crippen LogP contribution in [-0.4, -0.2) is 0 Å². The zero-order valence-electron chi connectivity index (χ0n) is 7.77. The molecule has 0 nitrogen and oxygen atoms in total. The quantitative estimate of drug-likeness (QED) is 0.547. The lowest BCUT2D eigenvalue weighted by molar-refractivity contribution is 0.778. The third-order valence-corrected chi connectivity index (χ3v) is 2.17. The molecule has 0 saturated heterocycles. The van der Waals surface area contributed by atoms with Crippen LogP contribution in [0.1, 0.15) is 26.2 Å². The summed E-state index contributed by atoms with van der Waals surface area (Å²) in [5.41, 5.74) is 3.74. The third kappa shape index (κ3) is 1.97. The normalized spacial score (nSPS) is 18.9. The highest BCUT2D eigenvalue weighted by molar-refractivity contribution is 5.47. The average Bonchev–Trinajstić information content (AvgIpc) is 2.04. The van der Waals surface area contributed by atoms with E-state index in [2.05, 4.69) is 25.3 Å². The second kappa shape index (κ2) is 4.10. The van der Waals surface area contributed by atoms with E-state index in [0.29, 0.717) is 0 Å². The molecule has 0 aromatic heterocycles. The third-order valence-electron chi connectivity index (χ3n) is 2.17. The van der Waals surface area contributed by atoms with Crippen LogP contribution in [0.25, 0.3) is 0 Å². The van der Waals surface area contributed by atoms with Crippen molar-refractivity contribution in [1.82, 2.24) is 0 Å². The minimum Gasteiger partial charge on any atom is -0.0952 e. The largest absolute Gasteiger partial charge is 0.0952 e. The summed E-state index contributed by atoms with van der Waals surface area (Å²) in [6.07, 6.45) is 9.67. The minimum absolute atomic E-state index is 1.13. The van der Waals surface area contributed by atoms with Gasteiger partial charge >= 0.3 is 0 Å².